The van der Waals surface area contributed by atoms with Crippen LogP contribution in [0.4, 0.5) is 4.79 Å². The number of aryl methyl sites for hydroxylation is 2. The summed E-state index contributed by atoms with van der Waals surface area (Å²) in [6.07, 6.45) is 4.82. The average molecular weight is 504 g/mol. The number of ether oxygens (including phenoxy) is 2. The molecule has 1 saturated heterocycles. The molecule has 0 saturated carbocycles. The molecule has 37 heavy (non-hydrogen) atoms. The molecule has 0 aliphatic carbocycles. The minimum absolute atomic E-state index is 0.0115. The second kappa shape index (κ2) is 9.21. The fraction of sp³-hybridized carbons (Fsp3) is 0.429. The van der Waals surface area contributed by atoms with Crippen molar-refractivity contribution in [2.75, 3.05) is 20.2 Å². The van der Waals surface area contributed by atoms with Gasteiger partial charge in [0.25, 0.3) is 5.56 Å². The highest BCUT2D eigenvalue weighted by molar-refractivity contribution is 5.89. The number of methoxy groups -OCH3 is 1. The lowest BCUT2D eigenvalue weighted by Gasteiger charge is -2.34. The lowest BCUT2D eigenvalue weighted by Crippen LogP contribution is -2.43. The Labute approximate surface area is 215 Å². The quantitative estimate of drug-likeness (QED) is 0.395. The van der Waals surface area contributed by atoms with Crippen molar-refractivity contribution < 1.29 is 14.3 Å². The maximum Gasteiger partial charge on any atom is 0.410 e. The molecule has 1 amide bonds. The maximum atomic E-state index is 13.6. The fourth-order valence-corrected chi connectivity index (χ4v) is 4.97. The summed E-state index contributed by atoms with van der Waals surface area (Å²) in [5, 5.41) is 6.16. The highest BCUT2D eigenvalue weighted by atomic mass is 16.6. The van der Waals surface area contributed by atoms with Crippen LogP contribution in [0.3, 0.4) is 0 Å². The van der Waals surface area contributed by atoms with Crippen LogP contribution in [0.5, 0.6) is 5.75 Å². The molecule has 0 unspecified atom stereocenters. The Hall–Kier alpha value is -3.88. The maximum absolute atomic E-state index is 13.6. The van der Waals surface area contributed by atoms with Crippen LogP contribution in [0.2, 0.25) is 0 Å². The molecule has 0 atom stereocenters. The molecule has 0 bridgehead atoms. The zero-order chi connectivity index (χ0) is 26.5. The van der Waals surface area contributed by atoms with Crippen LogP contribution in [0.1, 0.15) is 50.9 Å². The van der Waals surface area contributed by atoms with Gasteiger partial charge in [-0.25, -0.2) is 14.3 Å². The zero-order valence-corrected chi connectivity index (χ0v) is 22.2. The molecule has 1 aliphatic rings. The first kappa shape index (κ1) is 24.8. The molecule has 1 aliphatic heterocycles. The minimum atomic E-state index is -0.529. The first-order valence-electron chi connectivity index (χ1n) is 12.6. The van der Waals surface area contributed by atoms with E-state index in [1.807, 2.05) is 65.2 Å². The molecule has 194 valence electrons. The molecule has 9 heteroatoms. The number of imidazole rings is 1. The van der Waals surface area contributed by atoms with E-state index in [-0.39, 0.29) is 17.7 Å². The van der Waals surface area contributed by atoms with Crippen molar-refractivity contribution in [1.29, 1.82) is 0 Å². The van der Waals surface area contributed by atoms with E-state index in [4.69, 9.17) is 14.6 Å². The predicted molar refractivity (Wildman–Crippen MR) is 142 cm³/mol. The van der Waals surface area contributed by atoms with Gasteiger partial charge in [0, 0.05) is 30.9 Å². The fourth-order valence-electron chi connectivity index (χ4n) is 4.97. The van der Waals surface area contributed by atoms with Crippen LogP contribution in [-0.2, 0) is 4.74 Å². The molecule has 4 heterocycles. The van der Waals surface area contributed by atoms with Crippen molar-refractivity contribution in [2.24, 2.45) is 0 Å². The van der Waals surface area contributed by atoms with Gasteiger partial charge >= 0.3 is 6.09 Å². The third kappa shape index (κ3) is 4.77. The number of carbonyl (C=O) groups excluding carboxylic acids is 1. The Bertz CT molecular complexity index is 1560. The highest BCUT2D eigenvalue weighted by Crippen LogP contribution is 2.33. The minimum Gasteiger partial charge on any atom is -0.496 e. The van der Waals surface area contributed by atoms with Gasteiger partial charge in [0.05, 0.1) is 30.1 Å². The topological polar surface area (TPSA) is 91.0 Å². The van der Waals surface area contributed by atoms with Gasteiger partial charge in [-0.3, -0.25) is 4.79 Å². The van der Waals surface area contributed by atoms with Gasteiger partial charge in [0.15, 0.2) is 5.65 Å². The number of piperidine rings is 1. The molecule has 1 aromatic carbocycles. The summed E-state index contributed by atoms with van der Waals surface area (Å²) in [6.45, 7) is 10.6. The van der Waals surface area contributed by atoms with Gasteiger partial charge in [-0.15, -0.1) is 0 Å². The molecular weight excluding hydrogens is 470 g/mol. The first-order valence-corrected chi connectivity index (χ1v) is 12.6. The van der Waals surface area contributed by atoms with Crippen LogP contribution in [-0.4, -0.2) is 56.0 Å². The summed E-state index contributed by atoms with van der Waals surface area (Å²) in [5.41, 5.74) is 3.70. The molecule has 0 N–H and O–H groups in total. The normalized spacial score (nSPS) is 14.9. The van der Waals surface area contributed by atoms with E-state index < -0.39 is 5.60 Å². The standard InChI is InChI=1S/C28H33N5O4/c1-17-13-23(30-33-16-18(2)29-25(17)33)22-14-19-7-12-32(26(34)21(19)15-24(22)36-6)20-8-10-31(11-9-20)27(35)37-28(3,4)5/h7,12-16,20H,8-11H2,1-6H3. The Balaban J connectivity index is 1.45. The summed E-state index contributed by atoms with van der Waals surface area (Å²) < 4.78 is 14.8. The van der Waals surface area contributed by atoms with Crippen molar-refractivity contribution in [3.8, 4) is 17.0 Å². The summed E-state index contributed by atoms with van der Waals surface area (Å²) in [6, 6.07) is 7.73. The molecule has 4 aromatic rings. The lowest BCUT2D eigenvalue weighted by atomic mass is 10.0. The van der Waals surface area contributed by atoms with E-state index in [0.29, 0.717) is 37.1 Å². The average Bonchev–Trinajstić information content (AvgIpc) is 3.23. The van der Waals surface area contributed by atoms with Crippen LogP contribution in [0.25, 0.3) is 27.7 Å². The number of likely N-dealkylation sites (tertiary alicyclic amines) is 1. The second-order valence-electron chi connectivity index (χ2n) is 10.7. The molecule has 9 nitrogen and oxygen atoms in total. The molecular formula is C28H33N5O4. The molecule has 3 aromatic heterocycles. The number of rotatable bonds is 3. The van der Waals surface area contributed by atoms with Crippen molar-refractivity contribution in [3.63, 3.8) is 0 Å². The number of benzene rings is 1. The zero-order valence-electron chi connectivity index (χ0n) is 22.2. The first-order chi connectivity index (χ1) is 17.5. The number of aromatic nitrogens is 4. The second-order valence-corrected chi connectivity index (χ2v) is 10.7. The largest absolute Gasteiger partial charge is 0.496 e. The van der Waals surface area contributed by atoms with Gasteiger partial charge in [-0.2, -0.15) is 5.10 Å². The lowest BCUT2D eigenvalue weighted by molar-refractivity contribution is 0.0187. The smallest absolute Gasteiger partial charge is 0.410 e. The molecule has 0 spiro atoms. The Morgan fingerprint density at radius 3 is 2.51 bits per heavy atom. The van der Waals surface area contributed by atoms with E-state index in [2.05, 4.69) is 4.98 Å². The number of amides is 1. The number of hydrogen-bond acceptors (Lipinski definition) is 6. The van der Waals surface area contributed by atoms with Gasteiger partial charge in [0.1, 0.15) is 11.4 Å². The van der Waals surface area contributed by atoms with Crippen LogP contribution in [0, 0.1) is 13.8 Å². The summed E-state index contributed by atoms with van der Waals surface area (Å²) in [5.74, 6) is 0.588. The Kier molecular flexibility index (Phi) is 6.17. The number of pyridine rings is 1. The van der Waals surface area contributed by atoms with Crippen molar-refractivity contribution >= 4 is 22.5 Å². The molecule has 5 rings (SSSR count). The molecule has 0 radical (unpaired) electrons. The van der Waals surface area contributed by atoms with Gasteiger partial charge in [-0.05, 0) is 82.7 Å². The van der Waals surface area contributed by atoms with Crippen LogP contribution in [0.15, 0.2) is 41.5 Å². The van der Waals surface area contributed by atoms with E-state index >= 15 is 0 Å². The van der Waals surface area contributed by atoms with Crippen LogP contribution >= 0.6 is 0 Å². The van der Waals surface area contributed by atoms with E-state index in [9.17, 15) is 9.59 Å². The summed E-state index contributed by atoms with van der Waals surface area (Å²) in [4.78, 5) is 32.2. The third-order valence-electron chi connectivity index (χ3n) is 6.77. The van der Waals surface area contributed by atoms with Gasteiger partial charge in [-0.1, -0.05) is 0 Å². The number of hydrogen-bond donors (Lipinski definition) is 0. The highest BCUT2D eigenvalue weighted by Gasteiger charge is 2.28. The summed E-state index contributed by atoms with van der Waals surface area (Å²) >= 11 is 0. The van der Waals surface area contributed by atoms with Gasteiger partial charge in [0.2, 0.25) is 0 Å². The Morgan fingerprint density at radius 2 is 1.84 bits per heavy atom. The van der Waals surface area contributed by atoms with Crippen molar-refractivity contribution in [3.05, 3.63) is 58.3 Å². The predicted octanol–water partition coefficient (Wildman–Crippen LogP) is 4.91. The van der Waals surface area contributed by atoms with Crippen LogP contribution < -0.4 is 10.3 Å². The number of nitrogens with zero attached hydrogens (tertiary/aromatic N) is 5. The van der Waals surface area contributed by atoms with Crippen molar-refractivity contribution in [1.82, 2.24) is 24.1 Å². The SMILES string of the molecule is COc1cc2c(=O)n(C3CCN(C(=O)OC(C)(C)C)CC3)ccc2cc1-c1cc(C)c2nc(C)cn2n1. The Morgan fingerprint density at radius 1 is 1.11 bits per heavy atom. The van der Waals surface area contributed by atoms with E-state index in [1.54, 1.807) is 27.2 Å². The summed E-state index contributed by atoms with van der Waals surface area (Å²) in [7, 11) is 1.60. The van der Waals surface area contributed by atoms with E-state index in [1.165, 1.54) is 0 Å². The number of carbonyl (C=O) groups is 1. The number of fused-ring (bicyclic) bond motifs is 2. The van der Waals surface area contributed by atoms with Gasteiger partial charge < -0.3 is 18.9 Å². The third-order valence-corrected chi connectivity index (χ3v) is 6.77. The van der Waals surface area contributed by atoms with Crippen molar-refractivity contribution in [2.45, 2.75) is 59.1 Å². The molecule has 1 fully saturated rings. The monoisotopic (exact) mass is 503 g/mol. The van der Waals surface area contributed by atoms with E-state index in [0.717, 1.165) is 33.5 Å².